The summed E-state index contributed by atoms with van der Waals surface area (Å²) in [5.41, 5.74) is 1.88. The fourth-order valence-electron chi connectivity index (χ4n) is 1.85. The van der Waals surface area contributed by atoms with Gasteiger partial charge in [0, 0.05) is 6.42 Å². The summed E-state index contributed by atoms with van der Waals surface area (Å²) >= 11 is 0. The highest BCUT2D eigenvalue weighted by molar-refractivity contribution is 5.84. The molecule has 114 valence electrons. The molecule has 0 radical (unpaired) electrons. The van der Waals surface area contributed by atoms with Crippen LogP contribution in [0.3, 0.4) is 0 Å². The van der Waals surface area contributed by atoms with Gasteiger partial charge in [0.25, 0.3) is 0 Å². The average Bonchev–Trinajstić information content (AvgIpc) is 2.39. The van der Waals surface area contributed by atoms with E-state index in [9.17, 15) is 14.4 Å². The summed E-state index contributed by atoms with van der Waals surface area (Å²) in [7, 11) is 0. The van der Waals surface area contributed by atoms with Gasteiger partial charge in [-0.05, 0) is 25.3 Å². The molecule has 0 spiro atoms. The number of hydrogen-bond donors (Lipinski definition) is 3. The zero-order chi connectivity index (χ0) is 15.8. The Labute approximate surface area is 122 Å². The van der Waals surface area contributed by atoms with Crippen molar-refractivity contribution in [3.8, 4) is 0 Å². The van der Waals surface area contributed by atoms with Crippen molar-refractivity contribution in [1.82, 2.24) is 5.32 Å². The third-order valence-electron chi connectivity index (χ3n) is 3.00. The van der Waals surface area contributed by atoms with E-state index in [4.69, 9.17) is 10.2 Å². The second kappa shape index (κ2) is 8.04. The number of nitrogens with one attached hydrogen (secondary N) is 1. The van der Waals surface area contributed by atoms with Gasteiger partial charge >= 0.3 is 11.9 Å². The molecule has 0 unspecified atom stereocenters. The van der Waals surface area contributed by atoms with Crippen LogP contribution in [0.1, 0.15) is 30.4 Å². The molecule has 1 amide bonds. The fraction of sp³-hybridized carbons (Fsp3) is 0.400. The molecule has 0 bridgehead atoms. The van der Waals surface area contributed by atoms with Crippen LogP contribution in [-0.4, -0.2) is 34.1 Å². The van der Waals surface area contributed by atoms with Crippen LogP contribution in [0.25, 0.3) is 0 Å². The molecule has 3 N–H and O–H groups in total. The Morgan fingerprint density at radius 1 is 1.14 bits per heavy atom. The maximum atomic E-state index is 11.8. The summed E-state index contributed by atoms with van der Waals surface area (Å²) < 4.78 is 0. The molecule has 6 nitrogen and oxygen atoms in total. The van der Waals surface area contributed by atoms with E-state index in [0.29, 0.717) is 0 Å². The maximum Gasteiger partial charge on any atom is 0.326 e. The quantitative estimate of drug-likeness (QED) is 0.671. The molecule has 1 aromatic rings. The number of carboxylic acids is 2. The fourth-order valence-corrected chi connectivity index (χ4v) is 1.85. The van der Waals surface area contributed by atoms with E-state index in [0.717, 1.165) is 11.1 Å². The van der Waals surface area contributed by atoms with Crippen molar-refractivity contribution in [2.24, 2.45) is 0 Å². The number of aryl methyl sites for hydroxylation is 1. The molecule has 0 saturated carbocycles. The number of hydrogen-bond acceptors (Lipinski definition) is 3. The van der Waals surface area contributed by atoms with E-state index in [1.165, 1.54) is 0 Å². The van der Waals surface area contributed by atoms with E-state index in [1.54, 1.807) is 0 Å². The van der Waals surface area contributed by atoms with Crippen molar-refractivity contribution in [1.29, 1.82) is 0 Å². The van der Waals surface area contributed by atoms with Crippen molar-refractivity contribution in [3.63, 3.8) is 0 Å². The molecule has 0 aliphatic rings. The average molecular weight is 293 g/mol. The van der Waals surface area contributed by atoms with E-state index in [1.807, 2.05) is 31.2 Å². The van der Waals surface area contributed by atoms with Crippen LogP contribution in [0.5, 0.6) is 0 Å². The highest BCUT2D eigenvalue weighted by atomic mass is 16.4. The Kier molecular flexibility index (Phi) is 6.39. The van der Waals surface area contributed by atoms with E-state index in [2.05, 4.69) is 5.32 Å². The van der Waals surface area contributed by atoms with Gasteiger partial charge in [0.2, 0.25) is 5.91 Å². The van der Waals surface area contributed by atoms with Crippen LogP contribution in [-0.2, 0) is 20.8 Å². The Hall–Kier alpha value is -2.37. The Bertz CT molecular complexity index is 509. The Balaban J connectivity index is 2.50. The first-order chi connectivity index (χ1) is 9.88. The molecule has 0 aliphatic heterocycles. The van der Waals surface area contributed by atoms with Crippen molar-refractivity contribution in [3.05, 3.63) is 35.4 Å². The number of amides is 1. The topological polar surface area (TPSA) is 104 Å². The lowest BCUT2D eigenvalue weighted by molar-refractivity contribution is -0.142. The smallest absolute Gasteiger partial charge is 0.326 e. The lowest BCUT2D eigenvalue weighted by Gasteiger charge is -2.14. The summed E-state index contributed by atoms with van der Waals surface area (Å²) in [6.07, 6.45) is 0.291. The second-order valence-electron chi connectivity index (χ2n) is 4.91. The van der Waals surface area contributed by atoms with Crippen LogP contribution in [0, 0.1) is 6.92 Å². The zero-order valence-electron chi connectivity index (χ0n) is 11.8. The molecule has 0 aromatic heterocycles. The summed E-state index contributed by atoms with van der Waals surface area (Å²) in [5.74, 6) is -2.52. The van der Waals surface area contributed by atoms with Crippen molar-refractivity contribution < 1.29 is 24.6 Å². The van der Waals surface area contributed by atoms with Gasteiger partial charge in [-0.3, -0.25) is 9.59 Å². The SMILES string of the molecule is Cc1ccc(CC(=O)N[C@H](CCCC(=O)O)C(=O)O)cc1. The van der Waals surface area contributed by atoms with Gasteiger partial charge in [-0.15, -0.1) is 0 Å². The van der Waals surface area contributed by atoms with Crippen LogP contribution in [0.4, 0.5) is 0 Å². The van der Waals surface area contributed by atoms with Gasteiger partial charge in [-0.25, -0.2) is 4.79 Å². The van der Waals surface area contributed by atoms with Crippen molar-refractivity contribution >= 4 is 17.8 Å². The minimum Gasteiger partial charge on any atom is -0.481 e. The van der Waals surface area contributed by atoms with E-state index in [-0.39, 0.29) is 31.6 Å². The van der Waals surface area contributed by atoms with Gasteiger partial charge in [0.1, 0.15) is 6.04 Å². The van der Waals surface area contributed by atoms with Crippen molar-refractivity contribution in [2.75, 3.05) is 0 Å². The predicted octanol–water partition coefficient (Wildman–Crippen LogP) is 1.36. The van der Waals surface area contributed by atoms with Gasteiger partial charge in [0.05, 0.1) is 6.42 Å². The summed E-state index contributed by atoms with van der Waals surface area (Å²) in [4.78, 5) is 33.3. The number of carboxylic acid groups (broad SMARTS) is 2. The minimum absolute atomic E-state index is 0.0985. The summed E-state index contributed by atoms with van der Waals surface area (Å²) in [5, 5.41) is 20.0. The van der Waals surface area contributed by atoms with E-state index < -0.39 is 18.0 Å². The summed E-state index contributed by atoms with van der Waals surface area (Å²) in [6.45, 7) is 1.94. The maximum absolute atomic E-state index is 11.8. The minimum atomic E-state index is -1.15. The standard InChI is InChI=1S/C15H19NO5/c1-10-5-7-11(8-6-10)9-13(17)16-12(15(20)21)3-2-4-14(18)19/h5-8,12H,2-4,9H2,1H3,(H,16,17)(H,18,19)(H,20,21)/t12-/m1/s1. The highest BCUT2D eigenvalue weighted by Crippen LogP contribution is 2.06. The van der Waals surface area contributed by atoms with E-state index >= 15 is 0 Å². The molecule has 21 heavy (non-hydrogen) atoms. The first-order valence-corrected chi connectivity index (χ1v) is 6.68. The van der Waals surface area contributed by atoms with Crippen LogP contribution in [0.2, 0.25) is 0 Å². The molecule has 0 aliphatic carbocycles. The largest absolute Gasteiger partial charge is 0.481 e. The first-order valence-electron chi connectivity index (χ1n) is 6.68. The number of benzene rings is 1. The van der Waals surface area contributed by atoms with Gasteiger partial charge in [-0.2, -0.15) is 0 Å². The molecular formula is C15H19NO5. The first kappa shape index (κ1) is 16.7. The van der Waals surface area contributed by atoms with Gasteiger partial charge in [-0.1, -0.05) is 29.8 Å². The molecule has 0 saturated heterocycles. The Morgan fingerprint density at radius 3 is 2.29 bits per heavy atom. The zero-order valence-corrected chi connectivity index (χ0v) is 11.8. The predicted molar refractivity (Wildman–Crippen MR) is 75.9 cm³/mol. The third kappa shape index (κ3) is 6.56. The lowest BCUT2D eigenvalue weighted by Crippen LogP contribution is -2.41. The van der Waals surface area contributed by atoms with Crippen LogP contribution in [0.15, 0.2) is 24.3 Å². The lowest BCUT2D eigenvalue weighted by atomic mass is 10.1. The number of aliphatic carboxylic acids is 2. The number of carbonyl (C=O) groups excluding carboxylic acids is 1. The molecule has 6 heteroatoms. The molecule has 1 aromatic carbocycles. The van der Waals surface area contributed by atoms with Gasteiger partial charge < -0.3 is 15.5 Å². The molecule has 1 atom stereocenters. The van der Waals surface area contributed by atoms with Crippen LogP contribution < -0.4 is 5.32 Å². The molecular weight excluding hydrogens is 274 g/mol. The summed E-state index contributed by atoms with van der Waals surface area (Å²) in [6, 6.07) is 6.33. The molecule has 0 heterocycles. The van der Waals surface area contributed by atoms with Crippen molar-refractivity contribution in [2.45, 2.75) is 38.6 Å². The highest BCUT2D eigenvalue weighted by Gasteiger charge is 2.19. The monoisotopic (exact) mass is 293 g/mol. The normalized spacial score (nSPS) is 11.7. The Morgan fingerprint density at radius 2 is 1.76 bits per heavy atom. The number of rotatable bonds is 8. The van der Waals surface area contributed by atoms with Gasteiger partial charge in [0.15, 0.2) is 0 Å². The molecule has 1 rings (SSSR count). The second-order valence-corrected chi connectivity index (χ2v) is 4.91. The van der Waals surface area contributed by atoms with Crippen LogP contribution >= 0.6 is 0 Å². The number of carbonyl (C=O) groups is 3. The molecule has 0 fully saturated rings. The third-order valence-corrected chi connectivity index (χ3v) is 3.00.